The second-order valence-electron chi connectivity index (χ2n) is 6.07. The summed E-state index contributed by atoms with van der Waals surface area (Å²) in [6.45, 7) is 2.01. The zero-order chi connectivity index (χ0) is 19.2. The Bertz CT molecular complexity index is 942. The molecule has 0 bridgehead atoms. The van der Waals surface area contributed by atoms with Gasteiger partial charge in [0.15, 0.2) is 0 Å². The molecule has 0 amide bonds. The van der Waals surface area contributed by atoms with E-state index in [-0.39, 0.29) is 6.42 Å². The number of nitrogens with zero attached hydrogens (tertiary/aromatic N) is 3. The first kappa shape index (κ1) is 18.3. The highest BCUT2D eigenvalue weighted by Gasteiger charge is 2.06. The molecular formula is C20H20N4O3. The normalized spacial score (nSPS) is 10.4. The van der Waals surface area contributed by atoms with Crippen LogP contribution in [0.15, 0.2) is 48.8 Å². The highest BCUT2D eigenvalue weighted by Crippen LogP contribution is 2.26. The molecule has 2 N–H and O–H groups in total. The van der Waals surface area contributed by atoms with Gasteiger partial charge in [-0.1, -0.05) is 12.1 Å². The van der Waals surface area contributed by atoms with Crippen LogP contribution >= 0.6 is 0 Å². The standard InChI is InChI=1S/C20H20N4O3/c1-13-9-15(14-3-4-16(22-12-14)5-6-19(25)26)11-17(10-13)23-20-21-8-7-18(24-20)27-2/h3-4,7-12H,5-6H2,1-2H3,(H,25,26)(H,21,23,24). The van der Waals surface area contributed by atoms with Gasteiger partial charge in [-0.15, -0.1) is 0 Å². The van der Waals surface area contributed by atoms with E-state index in [1.165, 1.54) is 0 Å². The molecule has 0 atom stereocenters. The van der Waals surface area contributed by atoms with Crippen LogP contribution in [0, 0.1) is 6.92 Å². The van der Waals surface area contributed by atoms with Crippen molar-refractivity contribution < 1.29 is 14.6 Å². The monoisotopic (exact) mass is 364 g/mol. The van der Waals surface area contributed by atoms with Crippen LogP contribution in [-0.4, -0.2) is 33.1 Å². The summed E-state index contributed by atoms with van der Waals surface area (Å²) in [5.74, 6) is 0.115. The van der Waals surface area contributed by atoms with Gasteiger partial charge in [0.25, 0.3) is 0 Å². The van der Waals surface area contributed by atoms with Crippen LogP contribution in [-0.2, 0) is 11.2 Å². The van der Waals surface area contributed by atoms with Crippen molar-refractivity contribution in [1.29, 1.82) is 0 Å². The number of pyridine rings is 1. The van der Waals surface area contributed by atoms with E-state index in [0.717, 1.165) is 28.1 Å². The molecular weight excluding hydrogens is 344 g/mol. The maximum atomic E-state index is 10.7. The molecule has 7 heteroatoms. The summed E-state index contributed by atoms with van der Waals surface area (Å²) in [7, 11) is 1.56. The summed E-state index contributed by atoms with van der Waals surface area (Å²) < 4.78 is 5.12. The number of carboxylic acids is 1. The maximum Gasteiger partial charge on any atom is 0.303 e. The zero-order valence-corrected chi connectivity index (χ0v) is 15.1. The Balaban J connectivity index is 1.81. The number of hydrogen-bond donors (Lipinski definition) is 2. The van der Waals surface area contributed by atoms with E-state index in [2.05, 4.69) is 26.3 Å². The van der Waals surface area contributed by atoms with Gasteiger partial charge in [-0.3, -0.25) is 9.78 Å². The van der Waals surface area contributed by atoms with Crippen molar-refractivity contribution in [2.24, 2.45) is 0 Å². The van der Waals surface area contributed by atoms with Crippen LogP contribution in [0.4, 0.5) is 11.6 Å². The van der Waals surface area contributed by atoms with E-state index in [1.54, 1.807) is 25.6 Å². The lowest BCUT2D eigenvalue weighted by atomic mass is 10.0. The number of aromatic nitrogens is 3. The second kappa shape index (κ2) is 8.27. The lowest BCUT2D eigenvalue weighted by Crippen LogP contribution is -2.00. The fourth-order valence-corrected chi connectivity index (χ4v) is 2.65. The Morgan fingerprint density at radius 3 is 2.70 bits per heavy atom. The van der Waals surface area contributed by atoms with Crippen LogP contribution in [0.2, 0.25) is 0 Å². The van der Waals surface area contributed by atoms with Gasteiger partial charge in [-0.05, 0) is 36.2 Å². The minimum Gasteiger partial charge on any atom is -0.481 e. The number of rotatable bonds is 7. The fourth-order valence-electron chi connectivity index (χ4n) is 2.65. The molecule has 0 saturated carbocycles. The van der Waals surface area contributed by atoms with E-state index >= 15 is 0 Å². The lowest BCUT2D eigenvalue weighted by Gasteiger charge is -2.10. The van der Waals surface area contributed by atoms with Gasteiger partial charge in [-0.25, -0.2) is 4.98 Å². The molecule has 2 aromatic heterocycles. The number of ether oxygens (including phenoxy) is 1. The molecule has 0 aliphatic rings. The molecule has 7 nitrogen and oxygen atoms in total. The van der Waals surface area contributed by atoms with Gasteiger partial charge in [0.2, 0.25) is 11.8 Å². The minimum atomic E-state index is -0.824. The number of aliphatic carboxylic acids is 1. The third kappa shape index (κ3) is 5.01. The molecule has 3 aromatic rings. The number of anilines is 2. The second-order valence-corrected chi connectivity index (χ2v) is 6.07. The van der Waals surface area contributed by atoms with Gasteiger partial charge in [0, 0.05) is 41.8 Å². The summed E-state index contributed by atoms with van der Waals surface area (Å²) >= 11 is 0. The Hall–Kier alpha value is -3.48. The number of methoxy groups -OCH3 is 1. The molecule has 3 rings (SSSR count). The topological polar surface area (TPSA) is 97.2 Å². The van der Waals surface area contributed by atoms with Crippen molar-refractivity contribution in [3.63, 3.8) is 0 Å². The Morgan fingerprint density at radius 2 is 2.00 bits per heavy atom. The van der Waals surface area contributed by atoms with Crippen molar-refractivity contribution in [2.75, 3.05) is 12.4 Å². The van der Waals surface area contributed by atoms with E-state index in [1.807, 2.05) is 31.2 Å². The fraction of sp³-hybridized carbons (Fsp3) is 0.200. The Kier molecular flexibility index (Phi) is 5.61. The quantitative estimate of drug-likeness (QED) is 0.661. The van der Waals surface area contributed by atoms with E-state index in [9.17, 15) is 4.79 Å². The molecule has 27 heavy (non-hydrogen) atoms. The van der Waals surface area contributed by atoms with Crippen LogP contribution in [0.25, 0.3) is 11.1 Å². The SMILES string of the molecule is COc1ccnc(Nc2cc(C)cc(-c3ccc(CCC(=O)O)nc3)c2)n1. The number of hydrogen-bond acceptors (Lipinski definition) is 6. The van der Waals surface area contributed by atoms with Crippen LogP contribution in [0.5, 0.6) is 5.88 Å². The van der Waals surface area contributed by atoms with Gasteiger partial charge in [0.05, 0.1) is 13.5 Å². The van der Waals surface area contributed by atoms with Crippen LogP contribution < -0.4 is 10.1 Å². The first-order chi connectivity index (χ1) is 13.0. The third-order valence-corrected chi connectivity index (χ3v) is 3.93. The number of carbonyl (C=O) groups is 1. The number of carboxylic acid groups (broad SMARTS) is 1. The average Bonchev–Trinajstić information content (AvgIpc) is 2.66. The summed E-state index contributed by atoms with van der Waals surface area (Å²) in [4.78, 5) is 23.5. The zero-order valence-electron chi connectivity index (χ0n) is 15.1. The number of aryl methyl sites for hydroxylation is 2. The molecule has 0 aliphatic heterocycles. The van der Waals surface area contributed by atoms with Gasteiger partial charge in [0.1, 0.15) is 0 Å². The molecule has 0 saturated heterocycles. The first-order valence-corrected chi connectivity index (χ1v) is 8.46. The maximum absolute atomic E-state index is 10.7. The predicted octanol–water partition coefficient (Wildman–Crippen LogP) is 3.62. The summed E-state index contributed by atoms with van der Waals surface area (Å²) in [5.41, 5.74) is 4.64. The highest BCUT2D eigenvalue weighted by atomic mass is 16.5. The number of benzene rings is 1. The Labute approximate surface area is 157 Å². The molecule has 0 radical (unpaired) electrons. The van der Waals surface area contributed by atoms with Crippen LogP contribution in [0.3, 0.4) is 0 Å². The van der Waals surface area contributed by atoms with Crippen molar-refractivity contribution in [1.82, 2.24) is 15.0 Å². The summed E-state index contributed by atoms with van der Waals surface area (Å²) in [6.07, 6.45) is 3.89. The first-order valence-electron chi connectivity index (χ1n) is 8.46. The molecule has 0 aliphatic carbocycles. The van der Waals surface area contributed by atoms with Gasteiger partial charge in [-0.2, -0.15) is 4.98 Å². The predicted molar refractivity (Wildman–Crippen MR) is 102 cm³/mol. The van der Waals surface area contributed by atoms with Crippen molar-refractivity contribution in [2.45, 2.75) is 19.8 Å². The molecule has 0 fully saturated rings. The molecule has 0 spiro atoms. The van der Waals surface area contributed by atoms with Crippen LogP contribution in [0.1, 0.15) is 17.7 Å². The molecule has 0 unspecified atom stereocenters. The molecule has 1 aromatic carbocycles. The summed E-state index contributed by atoms with van der Waals surface area (Å²) in [5, 5.41) is 12.0. The van der Waals surface area contributed by atoms with Crippen molar-refractivity contribution in [3.8, 4) is 17.0 Å². The van der Waals surface area contributed by atoms with E-state index in [4.69, 9.17) is 9.84 Å². The average molecular weight is 364 g/mol. The third-order valence-electron chi connectivity index (χ3n) is 3.93. The largest absolute Gasteiger partial charge is 0.481 e. The number of nitrogens with one attached hydrogen (secondary N) is 1. The summed E-state index contributed by atoms with van der Waals surface area (Å²) in [6, 6.07) is 11.5. The smallest absolute Gasteiger partial charge is 0.303 e. The van der Waals surface area contributed by atoms with Gasteiger partial charge >= 0.3 is 5.97 Å². The Morgan fingerprint density at radius 1 is 1.15 bits per heavy atom. The van der Waals surface area contributed by atoms with E-state index in [0.29, 0.717) is 18.2 Å². The van der Waals surface area contributed by atoms with Gasteiger partial charge < -0.3 is 15.2 Å². The minimum absolute atomic E-state index is 0.0748. The highest BCUT2D eigenvalue weighted by molar-refractivity contribution is 5.70. The van der Waals surface area contributed by atoms with Crippen molar-refractivity contribution in [3.05, 3.63) is 60.0 Å². The lowest BCUT2D eigenvalue weighted by molar-refractivity contribution is -0.136. The molecule has 138 valence electrons. The molecule has 2 heterocycles. The van der Waals surface area contributed by atoms with E-state index < -0.39 is 5.97 Å². The van der Waals surface area contributed by atoms with Crippen molar-refractivity contribution >= 4 is 17.6 Å².